The van der Waals surface area contributed by atoms with Crippen LogP contribution < -0.4 is 5.73 Å². The average molecular weight is 266 g/mol. The van der Waals surface area contributed by atoms with E-state index in [9.17, 15) is 4.79 Å². The number of carbonyl (C=O) groups is 1. The molecular formula is C13H22N4O2. The molecule has 1 aromatic heterocycles. The Labute approximate surface area is 113 Å². The van der Waals surface area contributed by atoms with Gasteiger partial charge >= 0.3 is 0 Å². The molecular weight excluding hydrogens is 244 g/mol. The zero-order valence-electron chi connectivity index (χ0n) is 11.4. The third kappa shape index (κ3) is 3.78. The Morgan fingerprint density at radius 2 is 2.26 bits per heavy atom. The van der Waals surface area contributed by atoms with Gasteiger partial charge in [-0.15, -0.1) is 0 Å². The largest absolute Gasteiger partial charge is 0.383 e. The van der Waals surface area contributed by atoms with Gasteiger partial charge in [-0.25, -0.2) is 0 Å². The number of amides is 1. The van der Waals surface area contributed by atoms with E-state index in [-0.39, 0.29) is 12.5 Å². The lowest BCUT2D eigenvalue weighted by Gasteiger charge is -2.33. The first kappa shape index (κ1) is 14.0. The highest BCUT2D eigenvalue weighted by Crippen LogP contribution is 2.19. The molecule has 1 atom stereocenters. The van der Waals surface area contributed by atoms with Crippen LogP contribution in [0.3, 0.4) is 0 Å². The highest BCUT2D eigenvalue weighted by molar-refractivity contribution is 5.81. The van der Waals surface area contributed by atoms with Crippen molar-refractivity contribution in [1.82, 2.24) is 14.7 Å². The predicted octanol–water partition coefficient (Wildman–Crippen LogP) is 0.0954. The third-order valence-corrected chi connectivity index (χ3v) is 3.59. The summed E-state index contributed by atoms with van der Waals surface area (Å²) in [4.78, 5) is 13.9. The van der Waals surface area contributed by atoms with Crippen molar-refractivity contribution in [2.45, 2.75) is 25.4 Å². The normalized spacial score (nSPS) is 18.5. The lowest BCUT2D eigenvalue weighted by molar-refractivity contribution is -0.135. The fourth-order valence-electron chi connectivity index (χ4n) is 2.49. The van der Waals surface area contributed by atoms with Crippen LogP contribution in [0.2, 0.25) is 0 Å². The lowest BCUT2D eigenvalue weighted by atomic mass is 9.96. The van der Waals surface area contributed by atoms with Crippen LogP contribution in [-0.2, 0) is 16.1 Å². The Morgan fingerprint density at radius 1 is 1.53 bits per heavy atom. The average Bonchev–Trinajstić information content (AvgIpc) is 2.92. The maximum absolute atomic E-state index is 12.0. The summed E-state index contributed by atoms with van der Waals surface area (Å²) in [7, 11) is 1.56. The number of hydrogen-bond acceptors (Lipinski definition) is 4. The second-order valence-electron chi connectivity index (χ2n) is 5.06. The van der Waals surface area contributed by atoms with Gasteiger partial charge in [-0.1, -0.05) is 0 Å². The summed E-state index contributed by atoms with van der Waals surface area (Å²) >= 11 is 0. The maximum atomic E-state index is 12.0. The smallest absolute Gasteiger partial charge is 0.241 e. The maximum Gasteiger partial charge on any atom is 0.241 e. The molecule has 1 aromatic rings. The molecule has 2 heterocycles. The van der Waals surface area contributed by atoms with E-state index in [0.29, 0.717) is 5.92 Å². The molecule has 0 bridgehead atoms. The molecule has 1 aliphatic rings. The van der Waals surface area contributed by atoms with Crippen molar-refractivity contribution in [2.24, 2.45) is 11.7 Å². The van der Waals surface area contributed by atoms with E-state index in [0.717, 1.165) is 32.5 Å². The van der Waals surface area contributed by atoms with E-state index < -0.39 is 6.04 Å². The molecule has 2 N–H and O–H groups in total. The molecule has 19 heavy (non-hydrogen) atoms. The number of piperidine rings is 1. The zero-order chi connectivity index (χ0) is 13.7. The molecule has 2 rings (SSSR count). The summed E-state index contributed by atoms with van der Waals surface area (Å²) in [5.74, 6) is 0.585. The number of aromatic nitrogens is 2. The number of nitrogens with zero attached hydrogens (tertiary/aromatic N) is 3. The summed E-state index contributed by atoms with van der Waals surface area (Å²) in [5.41, 5.74) is 5.77. The topological polar surface area (TPSA) is 73.4 Å². The van der Waals surface area contributed by atoms with E-state index in [1.54, 1.807) is 13.3 Å². The van der Waals surface area contributed by atoms with Gasteiger partial charge in [0.05, 0.1) is 6.61 Å². The number of hydrogen-bond donors (Lipinski definition) is 1. The fraction of sp³-hybridized carbons (Fsp3) is 0.692. The molecule has 0 aliphatic carbocycles. The molecule has 0 spiro atoms. The number of carbonyl (C=O) groups excluding carboxylic acids is 1. The van der Waals surface area contributed by atoms with Crippen molar-refractivity contribution in [2.75, 3.05) is 26.8 Å². The van der Waals surface area contributed by atoms with Gasteiger partial charge in [0.2, 0.25) is 5.91 Å². The first-order chi connectivity index (χ1) is 9.20. The second-order valence-corrected chi connectivity index (χ2v) is 5.06. The molecule has 6 nitrogen and oxygen atoms in total. The minimum Gasteiger partial charge on any atom is -0.383 e. The number of nitrogens with two attached hydrogens (primary N) is 1. The first-order valence-corrected chi connectivity index (χ1v) is 6.71. The lowest BCUT2D eigenvalue weighted by Crippen LogP contribution is -2.49. The number of ether oxygens (including phenoxy) is 1. The molecule has 1 saturated heterocycles. The molecule has 0 radical (unpaired) electrons. The quantitative estimate of drug-likeness (QED) is 0.820. The Hall–Kier alpha value is -1.40. The van der Waals surface area contributed by atoms with Crippen molar-refractivity contribution in [3.63, 3.8) is 0 Å². The van der Waals surface area contributed by atoms with Crippen LogP contribution >= 0.6 is 0 Å². The standard InChI is InChI=1S/C13H22N4O2/c1-19-10-12(14)13(18)16-7-3-11(4-8-16)9-17-6-2-5-15-17/h2,5-6,11-12H,3-4,7-10,14H2,1H3. The van der Waals surface area contributed by atoms with Gasteiger partial charge < -0.3 is 15.4 Å². The summed E-state index contributed by atoms with van der Waals surface area (Å²) in [6.45, 7) is 2.77. The molecule has 1 aliphatic heterocycles. The number of rotatable bonds is 5. The molecule has 1 unspecified atom stereocenters. The minimum atomic E-state index is -0.535. The fourth-order valence-corrected chi connectivity index (χ4v) is 2.49. The molecule has 1 fully saturated rings. The van der Waals surface area contributed by atoms with Crippen LogP contribution in [0.1, 0.15) is 12.8 Å². The van der Waals surface area contributed by atoms with Crippen LogP contribution in [-0.4, -0.2) is 53.4 Å². The second kappa shape index (κ2) is 6.68. The van der Waals surface area contributed by atoms with Gasteiger partial charge in [0.1, 0.15) is 6.04 Å². The zero-order valence-corrected chi connectivity index (χ0v) is 11.4. The van der Waals surface area contributed by atoms with Gasteiger partial charge in [-0.2, -0.15) is 5.10 Å². The van der Waals surface area contributed by atoms with E-state index in [4.69, 9.17) is 10.5 Å². The van der Waals surface area contributed by atoms with E-state index in [2.05, 4.69) is 5.10 Å². The van der Waals surface area contributed by atoms with Crippen molar-refractivity contribution in [3.8, 4) is 0 Å². The van der Waals surface area contributed by atoms with Crippen molar-refractivity contribution < 1.29 is 9.53 Å². The van der Waals surface area contributed by atoms with Gasteiger partial charge in [0, 0.05) is 39.1 Å². The molecule has 6 heteroatoms. The molecule has 0 saturated carbocycles. The Kier molecular flexibility index (Phi) is 4.93. The Morgan fingerprint density at radius 3 is 2.84 bits per heavy atom. The monoisotopic (exact) mass is 266 g/mol. The molecule has 1 amide bonds. The van der Waals surface area contributed by atoms with E-state index in [1.807, 2.05) is 21.8 Å². The number of methoxy groups -OCH3 is 1. The highest BCUT2D eigenvalue weighted by Gasteiger charge is 2.26. The molecule has 106 valence electrons. The van der Waals surface area contributed by atoms with Crippen molar-refractivity contribution in [1.29, 1.82) is 0 Å². The first-order valence-electron chi connectivity index (χ1n) is 6.71. The summed E-state index contributed by atoms with van der Waals surface area (Å²) in [5, 5.41) is 4.22. The van der Waals surface area contributed by atoms with Gasteiger partial charge in [0.25, 0.3) is 0 Å². The van der Waals surface area contributed by atoms with Crippen molar-refractivity contribution >= 4 is 5.91 Å². The number of likely N-dealkylation sites (tertiary alicyclic amines) is 1. The van der Waals surface area contributed by atoms with Crippen LogP contribution in [0.15, 0.2) is 18.5 Å². The SMILES string of the molecule is COCC(N)C(=O)N1CCC(Cn2cccn2)CC1. The summed E-state index contributed by atoms with van der Waals surface area (Å²) in [6, 6.07) is 1.40. The van der Waals surface area contributed by atoms with Crippen LogP contribution in [0, 0.1) is 5.92 Å². The van der Waals surface area contributed by atoms with E-state index >= 15 is 0 Å². The van der Waals surface area contributed by atoms with Crippen LogP contribution in [0.25, 0.3) is 0 Å². The Balaban J connectivity index is 1.77. The van der Waals surface area contributed by atoms with E-state index in [1.165, 1.54) is 0 Å². The predicted molar refractivity (Wildman–Crippen MR) is 71.4 cm³/mol. The van der Waals surface area contributed by atoms with Crippen LogP contribution in [0.4, 0.5) is 0 Å². The minimum absolute atomic E-state index is 0.000566. The van der Waals surface area contributed by atoms with Gasteiger partial charge in [0.15, 0.2) is 0 Å². The third-order valence-electron chi connectivity index (χ3n) is 3.59. The Bertz CT molecular complexity index is 385. The summed E-state index contributed by atoms with van der Waals surface area (Å²) in [6.07, 6.45) is 5.78. The van der Waals surface area contributed by atoms with Crippen molar-refractivity contribution in [3.05, 3.63) is 18.5 Å². The van der Waals surface area contributed by atoms with Gasteiger partial charge in [-0.3, -0.25) is 9.48 Å². The van der Waals surface area contributed by atoms with Crippen LogP contribution in [0.5, 0.6) is 0 Å². The van der Waals surface area contributed by atoms with Gasteiger partial charge in [-0.05, 0) is 24.8 Å². The highest BCUT2D eigenvalue weighted by atomic mass is 16.5. The molecule has 0 aromatic carbocycles. The summed E-state index contributed by atoms with van der Waals surface area (Å²) < 4.78 is 6.88.